The molecule has 2 amide bonds. The number of hydrogen-bond donors (Lipinski definition) is 1. The maximum atomic E-state index is 13.6. The Balaban J connectivity index is 1.81. The molecule has 2 aliphatic rings. The van der Waals surface area contributed by atoms with E-state index in [9.17, 15) is 9.59 Å². The van der Waals surface area contributed by atoms with Gasteiger partial charge < -0.3 is 10.2 Å². The SMILES string of the molecule is CC(C)CCNC(=O)[C@@H]1c2ccccc2C(=O)N(c2ccccc2)C12CCCC2. The summed E-state index contributed by atoms with van der Waals surface area (Å²) in [5, 5.41) is 3.19. The van der Waals surface area contributed by atoms with Gasteiger partial charge in [-0.1, -0.05) is 63.1 Å². The van der Waals surface area contributed by atoms with Crippen LogP contribution < -0.4 is 10.2 Å². The average Bonchev–Trinajstić information content (AvgIpc) is 3.18. The summed E-state index contributed by atoms with van der Waals surface area (Å²) < 4.78 is 0. The lowest BCUT2D eigenvalue weighted by Crippen LogP contribution is -2.61. The molecule has 2 aromatic carbocycles. The maximum absolute atomic E-state index is 13.6. The average molecular weight is 391 g/mol. The molecule has 0 aromatic heterocycles. The number of nitrogens with one attached hydrogen (secondary N) is 1. The molecule has 4 rings (SSSR count). The van der Waals surface area contributed by atoms with Gasteiger partial charge in [0.1, 0.15) is 0 Å². The predicted molar refractivity (Wildman–Crippen MR) is 116 cm³/mol. The van der Waals surface area contributed by atoms with E-state index in [4.69, 9.17) is 0 Å². The first-order valence-corrected chi connectivity index (χ1v) is 10.8. The monoisotopic (exact) mass is 390 g/mol. The highest BCUT2D eigenvalue weighted by Gasteiger charge is 2.56. The number of nitrogens with zero attached hydrogens (tertiary/aromatic N) is 1. The minimum Gasteiger partial charge on any atom is -0.355 e. The van der Waals surface area contributed by atoms with Crippen LogP contribution in [0.4, 0.5) is 5.69 Å². The summed E-state index contributed by atoms with van der Waals surface area (Å²) >= 11 is 0. The highest BCUT2D eigenvalue weighted by atomic mass is 16.2. The highest BCUT2D eigenvalue weighted by molar-refractivity contribution is 6.12. The van der Waals surface area contributed by atoms with E-state index in [1.54, 1.807) is 0 Å². The van der Waals surface area contributed by atoms with Gasteiger partial charge in [0.05, 0.1) is 11.5 Å². The molecule has 1 atom stereocenters. The summed E-state index contributed by atoms with van der Waals surface area (Å²) in [6, 6.07) is 17.5. The van der Waals surface area contributed by atoms with Gasteiger partial charge in [-0.25, -0.2) is 0 Å². The molecule has 1 aliphatic heterocycles. The summed E-state index contributed by atoms with van der Waals surface area (Å²) in [4.78, 5) is 29.1. The van der Waals surface area contributed by atoms with Crippen molar-refractivity contribution >= 4 is 17.5 Å². The van der Waals surface area contributed by atoms with Gasteiger partial charge in [-0.2, -0.15) is 0 Å². The van der Waals surface area contributed by atoms with Crippen LogP contribution in [0.2, 0.25) is 0 Å². The molecule has 1 fully saturated rings. The summed E-state index contributed by atoms with van der Waals surface area (Å²) in [7, 11) is 0. The van der Waals surface area contributed by atoms with Gasteiger partial charge in [0.2, 0.25) is 5.91 Å². The van der Waals surface area contributed by atoms with Crippen molar-refractivity contribution in [2.24, 2.45) is 5.92 Å². The number of anilines is 1. The highest BCUT2D eigenvalue weighted by Crippen LogP contribution is 2.51. The molecule has 0 saturated heterocycles. The van der Waals surface area contributed by atoms with Crippen molar-refractivity contribution in [1.82, 2.24) is 5.32 Å². The number of para-hydroxylation sites is 1. The standard InChI is InChI=1S/C25H30N2O2/c1-18(2)14-17-26-23(28)22-20-12-6-7-13-21(20)24(29)27(19-10-4-3-5-11-19)25(22)15-8-9-16-25/h3-7,10-13,18,22H,8-9,14-17H2,1-2H3,(H,26,28)/t22-/m0/s1. The van der Waals surface area contributed by atoms with Crippen molar-refractivity contribution in [2.45, 2.75) is 57.4 Å². The number of rotatable bonds is 5. The second-order valence-corrected chi connectivity index (χ2v) is 8.78. The van der Waals surface area contributed by atoms with Gasteiger partial charge >= 0.3 is 0 Å². The quantitative estimate of drug-likeness (QED) is 0.789. The second-order valence-electron chi connectivity index (χ2n) is 8.78. The van der Waals surface area contributed by atoms with E-state index in [1.807, 2.05) is 59.5 Å². The van der Waals surface area contributed by atoms with Crippen LogP contribution in [0, 0.1) is 5.92 Å². The molecule has 4 nitrogen and oxygen atoms in total. The number of hydrogen-bond acceptors (Lipinski definition) is 2. The van der Waals surface area contributed by atoms with Gasteiger partial charge in [-0.05, 0) is 48.9 Å². The van der Waals surface area contributed by atoms with Crippen LogP contribution in [-0.4, -0.2) is 23.9 Å². The molecular weight excluding hydrogens is 360 g/mol. The fourth-order valence-corrected chi connectivity index (χ4v) is 5.11. The molecule has 1 heterocycles. The van der Waals surface area contributed by atoms with Crippen molar-refractivity contribution in [1.29, 1.82) is 0 Å². The Hall–Kier alpha value is -2.62. The van der Waals surface area contributed by atoms with Crippen molar-refractivity contribution < 1.29 is 9.59 Å². The first-order valence-electron chi connectivity index (χ1n) is 10.8. The smallest absolute Gasteiger partial charge is 0.259 e. The maximum Gasteiger partial charge on any atom is 0.259 e. The first kappa shape index (κ1) is 19.7. The third kappa shape index (κ3) is 3.45. The van der Waals surface area contributed by atoms with Crippen LogP contribution in [0.3, 0.4) is 0 Å². The molecule has 152 valence electrons. The Labute approximate surface area is 173 Å². The minimum atomic E-state index is -0.491. The van der Waals surface area contributed by atoms with E-state index >= 15 is 0 Å². The van der Waals surface area contributed by atoms with E-state index in [2.05, 4.69) is 19.2 Å². The molecule has 29 heavy (non-hydrogen) atoms. The molecule has 4 heteroatoms. The Bertz CT molecular complexity index is 885. The van der Waals surface area contributed by atoms with Crippen molar-refractivity contribution in [3.8, 4) is 0 Å². The minimum absolute atomic E-state index is 0.0138. The molecule has 0 unspecified atom stereocenters. The molecule has 1 N–H and O–H groups in total. The van der Waals surface area contributed by atoms with E-state index in [1.165, 1.54) is 0 Å². The zero-order chi connectivity index (χ0) is 20.4. The van der Waals surface area contributed by atoms with E-state index in [0.717, 1.165) is 43.4 Å². The van der Waals surface area contributed by atoms with Crippen LogP contribution in [0.5, 0.6) is 0 Å². The number of carbonyl (C=O) groups is 2. The Morgan fingerprint density at radius 2 is 1.72 bits per heavy atom. The third-order valence-electron chi connectivity index (χ3n) is 6.45. The molecule has 0 radical (unpaired) electrons. The van der Waals surface area contributed by atoms with Crippen molar-refractivity contribution in [3.63, 3.8) is 0 Å². The van der Waals surface area contributed by atoms with E-state index in [-0.39, 0.29) is 17.7 Å². The topological polar surface area (TPSA) is 49.4 Å². The zero-order valence-electron chi connectivity index (χ0n) is 17.4. The molecule has 1 aliphatic carbocycles. The Morgan fingerprint density at radius 3 is 2.41 bits per heavy atom. The fourth-order valence-electron chi connectivity index (χ4n) is 5.11. The molecular formula is C25H30N2O2. The van der Waals surface area contributed by atoms with Gasteiger partial charge in [-0.15, -0.1) is 0 Å². The lowest BCUT2D eigenvalue weighted by Gasteiger charge is -2.50. The van der Waals surface area contributed by atoms with E-state index < -0.39 is 5.54 Å². The van der Waals surface area contributed by atoms with Crippen LogP contribution in [0.25, 0.3) is 0 Å². The number of benzene rings is 2. The van der Waals surface area contributed by atoms with Gasteiger partial charge in [-0.3, -0.25) is 9.59 Å². The van der Waals surface area contributed by atoms with E-state index in [0.29, 0.717) is 18.0 Å². The number of amides is 2. The van der Waals surface area contributed by atoms with Crippen molar-refractivity contribution in [2.75, 3.05) is 11.4 Å². The Morgan fingerprint density at radius 1 is 1.07 bits per heavy atom. The summed E-state index contributed by atoms with van der Waals surface area (Å²) in [6.07, 6.45) is 4.73. The molecule has 1 spiro atoms. The zero-order valence-corrected chi connectivity index (χ0v) is 17.4. The van der Waals surface area contributed by atoms with Crippen LogP contribution in [-0.2, 0) is 4.79 Å². The van der Waals surface area contributed by atoms with Crippen molar-refractivity contribution in [3.05, 3.63) is 65.7 Å². The fraction of sp³-hybridized carbons (Fsp3) is 0.440. The molecule has 1 saturated carbocycles. The van der Waals surface area contributed by atoms with Gasteiger partial charge in [0, 0.05) is 17.8 Å². The summed E-state index contributed by atoms with van der Waals surface area (Å²) in [5.74, 6) is 0.261. The van der Waals surface area contributed by atoms with Crippen LogP contribution in [0.1, 0.15) is 67.8 Å². The third-order valence-corrected chi connectivity index (χ3v) is 6.45. The molecule has 0 bridgehead atoms. The second kappa shape index (κ2) is 8.02. The summed E-state index contributed by atoms with van der Waals surface area (Å²) in [6.45, 7) is 5.00. The normalized spacial score (nSPS) is 20.2. The lowest BCUT2D eigenvalue weighted by atomic mass is 9.70. The number of carbonyl (C=O) groups excluding carboxylic acids is 2. The molecule has 2 aromatic rings. The van der Waals surface area contributed by atoms with Gasteiger partial charge in [0.25, 0.3) is 5.91 Å². The lowest BCUT2D eigenvalue weighted by molar-refractivity contribution is -0.124. The van der Waals surface area contributed by atoms with Crippen LogP contribution in [0.15, 0.2) is 54.6 Å². The van der Waals surface area contributed by atoms with Crippen LogP contribution >= 0.6 is 0 Å². The Kier molecular flexibility index (Phi) is 5.44. The summed E-state index contributed by atoms with van der Waals surface area (Å²) in [5.41, 5.74) is 1.93. The first-order chi connectivity index (χ1) is 14.0. The number of fused-ring (bicyclic) bond motifs is 1. The van der Waals surface area contributed by atoms with Gasteiger partial charge in [0.15, 0.2) is 0 Å². The largest absolute Gasteiger partial charge is 0.355 e. The predicted octanol–water partition coefficient (Wildman–Crippen LogP) is 4.91.